The molecule has 0 heterocycles. The summed E-state index contributed by atoms with van der Waals surface area (Å²) >= 11 is 6.06. The van der Waals surface area contributed by atoms with Crippen molar-refractivity contribution < 1.29 is 28.0 Å². The van der Waals surface area contributed by atoms with E-state index >= 15 is 0 Å². The molecule has 12 heteroatoms. The highest BCUT2D eigenvalue weighted by Gasteiger charge is 2.20. The second kappa shape index (κ2) is 10.2. The van der Waals surface area contributed by atoms with Gasteiger partial charge in [0.2, 0.25) is 10.0 Å². The lowest BCUT2D eigenvalue weighted by Crippen LogP contribution is -2.21. The number of nitrogens with zero attached hydrogens (tertiary/aromatic N) is 1. The number of nitro groups is 1. The van der Waals surface area contributed by atoms with Crippen LogP contribution in [0.1, 0.15) is 22.8 Å². The van der Waals surface area contributed by atoms with Gasteiger partial charge in [-0.2, -0.15) is 0 Å². The van der Waals surface area contributed by atoms with Gasteiger partial charge in [0.05, 0.1) is 9.82 Å². The zero-order valence-electron chi connectivity index (χ0n) is 17.8. The summed E-state index contributed by atoms with van der Waals surface area (Å²) in [5.41, 5.74) is 1.12. The average molecular weight is 506 g/mol. The molecule has 0 fully saturated rings. The molecule has 4 N–H and O–H groups in total. The van der Waals surface area contributed by atoms with Crippen LogP contribution in [0.2, 0.25) is 5.02 Å². The van der Waals surface area contributed by atoms with E-state index in [0.717, 1.165) is 0 Å². The number of rotatable bonds is 8. The maximum Gasteiger partial charge on any atom is 0.269 e. The van der Waals surface area contributed by atoms with Gasteiger partial charge in [0.15, 0.2) is 6.61 Å². The van der Waals surface area contributed by atoms with Gasteiger partial charge in [-0.15, -0.1) is 0 Å². The lowest BCUT2D eigenvalue weighted by atomic mass is 10.00. The number of aryl methyl sites for hydroxylation is 1. The van der Waals surface area contributed by atoms with Gasteiger partial charge in [0.25, 0.3) is 11.6 Å². The molecule has 1 unspecified atom stereocenters. The van der Waals surface area contributed by atoms with Crippen LogP contribution in [0.25, 0.3) is 0 Å². The highest BCUT2D eigenvalue weighted by atomic mass is 35.5. The number of hydrogen-bond acceptors (Lipinski definition) is 7. The Morgan fingerprint density at radius 2 is 1.94 bits per heavy atom. The van der Waals surface area contributed by atoms with Crippen molar-refractivity contribution in [2.24, 2.45) is 5.14 Å². The number of nitrogens with one attached hydrogen (secondary N) is 1. The molecule has 34 heavy (non-hydrogen) atoms. The number of carbonyl (C=O) groups excluding carboxylic acids is 1. The summed E-state index contributed by atoms with van der Waals surface area (Å²) in [7, 11) is -3.87. The number of nitro benzene ring substituents is 1. The first-order valence-corrected chi connectivity index (χ1v) is 11.7. The van der Waals surface area contributed by atoms with Gasteiger partial charge in [-0.1, -0.05) is 23.7 Å². The summed E-state index contributed by atoms with van der Waals surface area (Å²) in [5.74, 6) is -0.392. The van der Waals surface area contributed by atoms with Crippen molar-refractivity contribution in [3.8, 4) is 5.75 Å². The summed E-state index contributed by atoms with van der Waals surface area (Å²) < 4.78 is 28.5. The molecule has 0 radical (unpaired) electrons. The van der Waals surface area contributed by atoms with Crippen molar-refractivity contribution >= 4 is 38.9 Å². The molecule has 3 rings (SSSR count). The minimum Gasteiger partial charge on any atom is -0.483 e. The number of sulfonamides is 1. The van der Waals surface area contributed by atoms with Crippen molar-refractivity contribution in [3.05, 3.63) is 92.5 Å². The normalized spacial score (nSPS) is 12.1. The summed E-state index contributed by atoms with van der Waals surface area (Å²) in [6.45, 7) is 1.17. The molecule has 3 aromatic rings. The fourth-order valence-electron chi connectivity index (χ4n) is 3.14. The van der Waals surface area contributed by atoms with Crippen LogP contribution in [0.15, 0.2) is 65.6 Å². The van der Waals surface area contributed by atoms with E-state index in [0.29, 0.717) is 16.3 Å². The van der Waals surface area contributed by atoms with Crippen LogP contribution in [-0.4, -0.2) is 31.0 Å². The third-order valence-corrected chi connectivity index (χ3v) is 5.97. The Morgan fingerprint density at radius 1 is 1.21 bits per heavy atom. The smallest absolute Gasteiger partial charge is 0.269 e. The van der Waals surface area contributed by atoms with E-state index < -0.39 is 33.6 Å². The second-order valence-corrected chi connectivity index (χ2v) is 9.29. The summed E-state index contributed by atoms with van der Waals surface area (Å²) in [6.07, 6.45) is -1.30. The molecule has 10 nitrogen and oxygen atoms in total. The number of aliphatic hydroxyl groups is 1. The Kier molecular flexibility index (Phi) is 7.52. The molecule has 0 aromatic heterocycles. The summed E-state index contributed by atoms with van der Waals surface area (Å²) in [5, 5.41) is 29.9. The minimum absolute atomic E-state index is 0.0832. The number of aliphatic hydroxyl groups excluding tert-OH is 1. The Balaban J connectivity index is 1.76. The number of primary sulfonamides is 1. The Hall–Kier alpha value is -3.51. The van der Waals surface area contributed by atoms with Gasteiger partial charge in [-0.3, -0.25) is 14.9 Å². The first kappa shape index (κ1) is 25.1. The number of halogens is 1. The number of amides is 1. The molecular weight excluding hydrogens is 486 g/mol. The van der Waals surface area contributed by atoms with E-state index in [2.05, 4.69) is 5.32 Å². The maximum absolute atomic E-state index is 12.4. The van der Waals surface area contributed by atoms with Crippen molar-refractivity contribution in [1.82, 2.24) is 0 Å². The summed E-state index contributed by atoms with van der Waals surface area (Å²) in [4.78, 5) is 22.8. The van der Waals surface area contributed by atoms with Crippen molar-refractivity contribution in [3.63, 3.8) is 0 Å². The van der Waals surface area contributed by atoms with E-state index in [9.17, 15) is 28.4 Å². The van der Waals surface area contributed by atoms with Crippen molar-refractivity contribution in [2.75, 3.05) is 11.9 Å². The lowest BCUT2D eigenvalue weighted by Gasteiger charge is -2.17. The number of carbonyl (C=O) groups is 1. The standard InChI is InChI=1S/C22H20ClN3O7S/c1-13-9-17(34(24,31)32)6-7-19(13)25-21(27)12-33-20-8-5-15(23)11-18(20)22(28)14-3-2-4-16(10-14)26(29)30/h2-11,22,28H,12H2,1H3,(H,25,27)(H2,24,31,32). The first-order chi connectivity index (χ1) is 16.0. The number of hydrogen-bond donors (Lipinski definition) is 3. The van der Waals surface area contributed by atoms with Crippen LogP contribution in [0.3, 0.4) is 0 Å². The quantitative estimate of drug-likeness (QED) is 0.312. The SMILES string of the molecule is Cc1cc(S(N)(=O)=O)ccc1NC(=O)COc1ccc(Cl)cc1C(O)c1cccc([N+](=O)[O-])c1. The van der Waals surface area contributed by atoms with E-state index in [1.165, 1.54) is 60.7 Å². The van der Waals surface area contributed by atoms with Crippen LogP contribution >= 0.6 is 11.6 Å². The molecule has 0 aliphatic rings. The van der Waals surface area contributed by atoms with Gasteiger partial charge in [-0.25, -0.2) is 13.6 Å². The first-order valence-electron chi connectivity index (χ1n) is 9.73. The van der Waals surface area contributed by atoms with Gasteiger partial charge in [-0.05, 0) is 54.4 Å². The second-order valence-electron chi connectivity index (χ2n) is 7.30. The highest BCUT2D eigenvalue weighted by Crippen LogP contribution is 2.33. The predicted molar refractivity (Wildman–Crippen MR) is 125 cm³/mol. The molecule has 0 saturated heterocycles. The van der Waals surface area contributed by atoms with Crippen molar-refractivity contribution in [2.45, 2.75) is 17.9 Å². The van der Waals surface area contributed by atoms with Crippen LogP contribution < -0.4 is 15.2 Å². The number of non-ortho nitro benzene ring substituents is 1. The third kappa shape index (κ3) is 6.08. The summed E-state index contributed by atoms with van der Waals surface area (Å²) in [6, 6.07) is 13.9. The highest BCUT2D eigenvalue weighted by molar-refractivity contribution is 7.89. The van der Waals surface area contributed by atoms with Crippen LogP contribution in [-0.2, 0) is 14.8 Å². The van der Waals surface area contributed by atoms with Gasteiger partial charge in [0, 0.05) is 28.4 Å². The van der Waals surface area contributed by atoms with Crippen LogP contribution in [0, 0.1) is 17.0 Å². The zero-order valence-corrected chi connectivity index (χ0v) is 19.3. The monoisotopic (exact) mass is 505 g/mol. The molecule has 0 aliphatic heterocycles. The molecule has 0 bridgehead atoms. The molecular formula is C22H20ClN3O7S. The number of anilines is 1. The fraction of sp³-hybridized carbons (Fsp3) is 0.136. The van der Waals surface area contributed by atoms with E-state index in [1.807, 2.05) is 0 Å². The van der Waals surface area contributed by atoms with Crippen LogP contribution in [0.4, 0.5) is 11.4 Å². The number of nitrogens with two attached hydrogens (primary N) is 1. The lowest BCUT2D eigenvalue weighted by molar-refractivity contribution is -0.385. The van der Waals surface area contributed by atoms with Gasteiger partial charge >= 0.3 is 0 Å². The van der Waals surface area contributed by atoms with Crippen molar-refractivity contribution in [1.29, 1.82) is 0 Å². The van der Waals surface area contributed by atoms with Gasteiger partial charge < -0.3 is 15.2 Å². The van der Waals surface area contributed by atoms with E-state index in [4.69, 9.17) is 21.5 Å². The molecule has 3 aromatic carbocycles. The number of ether oxygens (including phenoxy) is 1. The molecule has 0 aliphatic carbocycles. The predicted octanol–water partition coefficient (Wildman–Crippen LogP) is 3.30. The number of benzene rings is 3. The van der Waals surface area contributed by atoms with Gasteiger partial charge in [0.1, 0.15) is 11.9 Å². The largest absolute Gasteiger partial charge is 0.483 e. The maximum atomic E-state index is 12.4. The zero-order chi connectivity index (χ0) is 25.0. The molecule has 1 amide bonds. The Morgan fingerprint density at radius 3 is 2.59 bits per heavy atom. The Labute approximate surface area is 200 Å². The fourth-order valence-corrected chi connectivity index (χ4v) is 3.91. The Bertz CT molecular complexity index is 1360. The van der Waals surface area contributed by atoms with E-state index in [-0.39, 0.29) is 27.5 Å². The van der Waals surface area contributed by atoms with E-state index in [1.54, 1.807) is 6.92 Å². The average Bonchev–Trinajstić information content (AvgIpc) is 2.78. The third-order valence-electron chi connectivity index (χ3n) is 4.82. The van der Waals surface area contributed by atoms with Crippen LogP contribution in [0.5, 0.6) is 5.75 Å². The molecule has 178 valence electrons. The topological polar surface area (TPSA) is 162 Å². The molecule has 1 atom stereocenters. The molecule has 0 saturated carbocycles. The minimum atomic E-state index is -3.87. The molecule has 0 spiro atoms.